The van der Waals surface area contributed by atoms with Gasteiger partial charge in [0.2, 0.25) is 0 Å². The summed E-state index contributed by atoms with van der Waals surface area (Å²) in [6.45, 7) is 3.07. The molecule has 0 aliphatic carbocycles. The first-order valence-corrected chi connectivity index (χ1v) is 5.45. The minimum absolute atomic E-state index is 0.0619. The van der Waals surface area contributed by atoms with Crippen LogP contribution in [0.1, 0.15) is 18.1 Å². The van der Waals surface area contributed by atoms with Crippen LogP contribution in [-0.2, 0) is 17.9 Å². The van der Waals surface area contributed by atoms with Crippen molar-refractivity contribution < 1.29 is 4.79 Å². The van der Waals surface area contributed by atoms with Gasteiger partial charge in [-0.25, -0.2) is 0 Å². The molecule has 3 nitrogen and oxygen atoms in total. The monoisotopic (exact) mass is 223 g/mol. The van der Waals surface area contributed by atoms with Crippen molar-refractivity contribution in [3.05, 3.63) is 35.4 Å². The Morgan fingerprint density at radius 3 is 2.47 bits per heavy atom. The topological polar surface area (TPSA) is 32.3 Å². The van der Waals surface area contributed by atoms with Crippen LogP contribution in [0.5, 0.6) is 0 Å². The van der Waals surface area contributed by atoms with Crippen LogP contribution in [0.15, 0.2) is 24.3 Å². The highest BCUT2D eigenvalue weighted by Gasteiger charge is 2.02. The Morgan fingerprint density at radius 1 is 1.35 bits per heavy atom. The van der Waals surface area contributed by atoms with Crippen molar-refractivity contribution in [1.82, 2.24) is 10.0 Å². The molecule has 17 heavy (non-hydrogen) atoms. The van der Waals surface area contributed by atoms with Gasteiger partial charge < -0.3 is 10.0 Å². The maximum Gasteiger partial charge on any atom is 0.183 e. The van der Waals surface area contributed by atoms with E-state index in [0.29, 0.717) is 13.1 Å². The third kappa shape index (κ3) is 5.75. The predicted molar refractivity (Wildman–Crippen MR) is 71.6 cm³/mol. The van der Waals surface area contributed by atoms with E-state index in [4.69, 9.17) is 15.7 Å². The SMILES string of the molecule is [B][B]NCc1ccc(CN([B])CC(C)=O)cc1. The summed E-state index contributed by atoms with van der Waals surface area (Å²) >= 11 is 0. The number of hydrogen-bond donors (Lipinski definition) is 1. The van der Waals surface area contributed by atoms with Gasteiger partial charge in [-0.15, -0.1) is 0 Å². The number of nitrogens with zero attached hydrogens (tertiary/aromatic N) is 1. The molecule has 1 N–H and O–H groups in total. The first-order chi connectivity index (χ1) is 8.11. The van der Waals surface area contributed by atoms with Gasteiger partial charge in [-0.1, -0.05) is 24.3 Å². The van der Waals surface area contributed by atoms with E-state index in [0.717, 1.165) is 11.1 Å². The van der Waals surface area contributed by atoms with Crippen molar-refractivity contribution in [1.29, 1.82) is 0 Å². The van der Waals surface area contributed by atoms with Gasteiger partial charge in [0.1, 0.15) is 13.1 Å². The fourth-order valence-electron chi connectivity index (χ4n) is 1.52. The Kier molecular flexibility index (Phi) is 6.09. The van der Waals surface area contributed by atoms with E-state index in [-0.39, 0.29) is 12.3 Å². The second-order valence-electron chi connectivity index (χ2n) is 3.97. The molecule has 0 aliphatic heterocycles. The number of carbonyl (C=O) groups is 1. The highest BCUT2D eigenvalue weighted by molar-refractivity contribution is 6.87. The highest BCUT2D eigenvalue weighted by Crippen LogP contribution is 2.06. The smallest absolute Gasteiger partial charge is 0.183 e. The van der Waals surface area contributed by atoms with Crippen LogP contribution >= 0.6 is 0 Å². The molecule has 5 radical (unpaired) electrons. The Morgan fingerprint density at radius 2 is 1.94 bits per heavy atom. The summed E-state index contributed by atoms with van der Waals surface area (Å²) in [5, 5.41) is 2.92. The molecular formula is C11H14B3N2O. The summed E-state index contributed by atoms with van der Waals surface area (Å²) in [6.07, 6.45) is 0. The molecular weight excluding hydrogens is 209 g/mol. The molecule has 0 atom stereocenters. The van der Waals surface area contributed by atoms with E-state index < -0.39 is 0 Å². The van der Waals surface area contributed by atoms with Gasteiger partial charge in [0.05, 0.1) is 0 Å². The average molecular weight is 223 g/mol. The zero-order chi connectivity index (χ0) is 12.7. The number of ketones is 1. The number of hydrogen-bond acceptors (Lipinski definition) is 3. The first-order valence-electron chi connectivity index (χ1n) is 5.45. The van der Waals surface area contributed by atoms with Crippen molar-refractivity contribution in [2.75, 3.05) is 6.54 Å². The van der Waals surface area contributed by atoms with Gasteiger partial charge in [0.25, 0.3) is 0 Å². The van der Waals surface area contributed by atoms with Crippen LogP contribution in [0, 0.1) is 0 Å². The third-order valence-electron chi connectivity index (χ3n) is 2.26. The van der Waals surface area contributed by atoms with E-state index in [1.807, 2.05) is 24.3 Å². The lowest BCUT2D eigenvalue weighted by Gasteiger charge is -2.15. The molecule has 0 spiro atoms. The van der Waals surface area contributed by atoms with Crippen molar-refractivity contribution in [3.63, 3.8) is 0 Å². The zero-order valence-electron chi connectivity index (χ0n) is 10.0. The van der Waals surface area contributed by atoms with E-state index in [2.05, 4.69) is 5.23 Å². The van der Waals surface area contributed by atoms with Crippen molar-refractivity contribution >= 4 is 28.8 Å². The van der Waals surface area contributed by atoms with Gasteiger partial charge in [-0.2, -0.15) is 0 Å². The molecule has 0 bridgehead atoms. The molecule has 0 fully saturated rings. The fourth-order valence-corrected chi connectivity index (χ4v) is 1.52. The normalized spacial score (nSPS) is 10.5. The number of carbonyl (C=O) groups excluding carboxylic acids is 1. The average Bonchev–Trinajstić information content (AvgIpc) is 2.27. The predicted octanol–water partition coefficient (Wildman–Crippen LogP) is -0.0466. The molecule has 6 heteroatoms. The van der Waals surface area contributed by atoms with Crippen molar-refractivity contribution in [2.24, 2.45) is 0 Å². The lowest BCUT2D eigenvalue weighted by Crippen LogP contribution is -2.25. The molecule has 0 saturated heterocycles. The highest BCUT2D eigenvalue weighted by atomic mass is 16.1. The standard InChI is InChI=1S/C11H14B3N2O/c1-9(17)7-16(13)8-11-4-2-10(3-5-11)6-15-14-12/h2-5,15H,6-8H2,1H3. The van der Waals surface area contributed by atoms with Crippen molar-refractivity contribution in [2.45, 2.75) is 20.0 Å². The van der Waals surface area contributed by atoms with Crippen molar-refractivity contribution in [3.8, 4) is 0 Å². The van der Waals surface area contributed by atoms with Crippen LogP contribution in [-0.4, -0.2) is 40.2 Å². The minimum Gasteiger partial charge on any atom is -0.365 e. The molecule has 0 saturated carbocycles. The summed E-state index contributed by atoms with van der Waals surface area (Å²) in [5.41, 5.74) is 2.22. The summed E-state index contributed by atoms with van der Waals surface area (Å²) in [6, 6.07) is 8.00. The molecule has 0 heterocycles. The molecule has 0 aliphatic rings. The maximum absolute atomic E-state index is 10.9. The van der Waals surface area contributed by atoms with Gasteiger partial charge in [-0.05, 0) is 18.1 Å². The van der Waals surface area contributed by atoms with Gasteiger partial charge in [-0.3, -0.25) is 4.79 Å². The van der Waals surface area contributed by atoms with Crippen LogP contribution in [0.25, 0.3) is 0 Å². The lowest BCUT2D eigenvalue weighted by atomic mass is 9.67. The Bertz CT molecular complexity index is 356. The third-order valence-corrected chi connectivity index (χ3v) is 2.26. The summed E-state index contributed by atoms with van der Waals surface area (Å²) < 4.78 is 0. The fraction of sp³-hybridized carbons (Fsp3) is 0.364. The Labute approximate surface area is 106 Å². The number of nitrogens with one attached hydrogen (secondary N) is 1. The molecule has 1 rings (SSSR count). The quantitative estimate of drug-likeness (QED) is 0.657. The summed E-state index contributed by atoms with van der Waals surface area (Å²) in [7, 11) is 12.3. The lowest BCUT2D eigenvalue weighted by molar-refractivity contribution is -0.117. The molecule has 1 aromatic carbocycles. The van der Waals surface area contributed by atoms with E-state index in [1.54, 1.807) is 0 Å². The largest absolute Gasteiger partial charge is 0.365 e. The number of benzene rings is 1. The molecule has 0 unspecified atom stereocenters. The van der Waals surface area contributed by atoms with Crippen LogP contribution in [0.3, 0.4) is 0 Å². The van der Waals surface area contributed by atoms with Gasteiger partial charge in [0, 0.05) is 27.4 Å². The van der Waals surface area contributed by atoms with Crippen LogP contribution in [0.2, 0.25) is 0 Å². The second-order valence-corrected chi connectivity index (χ2v) is 3.97. The van der Waals surface area contributed by atoms with E-state index in [9.17, 15) is 4.79 Å². The molecule has 0 amide bonds. The first kappa shape index (κ1) is 14.1. The molecule has 1 aromatic rings. The van der Waals surface area contributed by atoms with Gasteiger partial charge in [0.15, 0.2) is 7.98 Å². The second kappa shape index (κ2) is 7.35. The van der Waals surface area contributed by atoms with Crippen LogP contribution in [0.4, 0.5) is 0 Å². The maximum atomic E-state index is 10.9. The summed E-state index contributed by atoms with van der Waals surface area (Å²) in [4.78, 5) is 12.4. The number of rotatable bonds is 7. The summed E-state index contributed by atoms with van der Waals surface area (Å²) in [5.74, 6) is 0.0619. The molecule has 83 valence electrons. The van der Waals surface area contributed by atoms with Gasteiger partial charge >= 0.3 is 0 Å². The van der Waals surface area contributed by atoms with E-state index >= 15 is 0 Å². The molecule has 0 aromatic heterocycles. The minimum atomic E-state index is 0.0619. The van der Waals surface area contributed by atoms with E-state index in [1.165, 1.54) is 19.0 Å². The van der Waals surface area contributed by atoms with Crippen LogP contribution < -0.4 is 5.23 Å². The zero-order valence-corrected chi connectivity index (χ0v) is 10.0. The Hall–Kier alpha value is -0.995. The number of Topliss-reactive ketones (excluding diaryl/α,β-unsaturated/α-hetero) is 1. The Balaban J connectivity index is 2.47.